The van der Waals surface area contributed by atoms with Crippen LogP contribution >= 0.6 is 24.0 Å². The maximum atomic E-state index is 12.2. The Hall–Kier alpha value is -1.16. The Labute approximate surface area is 171 Å². The predicted molar refractivity (Wildman–Crippen MR) is 112 cm³/mol. The highest BCUT2D eigenvalue weighted by Crippen LogP contribution is 2.34. The first-order chi connectivity index (χ1) is 11.9. The van der Waals surface area contributed by atoms with Gasteiger partial charge in [0.05, 0.1) is 0 Å². The van der Waals surface area contributed by atoms with E-state index in [1.807, 2.05) is 11.9 Å². The second-order valence-electron chi connectivity index (χ2n) is 6.68. The Morgan fingerprint density at radius 1 is 1.23 bits per heavy atom. The molecule has 1 unspecified atom stereocenters. The molecule has 0 bridgehead atoms. The highest BCUT2D eigenvalue weighted by atomic mass is 127. The van der Waals surface area contributed by atoms with Gasteiger partial charge in [-0.1, -0.05) is 12.1 Å². The number of hydrogen-bond donors (Lipinski definition) is 1. The SMILES string of the molecule is CN=C(NCC(C1CC1)N(C)C)N(C)Cc1ccc(OC(F)F)cc1.I. The van der Waals surface area contributed by atoms with E-state index >= 15 is 0 Å². The van der Waals surface area contributed by atoms with Gasteiger partial charge in [0.15, 0.2) is 5.96 Å². The zero-order chi connectivity index (χ0) is 18.4. The van der Waals surface area contributed by atoms with Gasteiger partial charge >= 0.3 is 6.61 Å². The molecule has 1 aromatic carbocycles. The van der Waals surface area contributed by atoms with Crippen molar-refractivity contribution in [3.63, 3.8) is 0 Å². The van der Waals surface area contributed by atoms with Crippen molar-refractivity contribution in [2.45, 2.75) is 32.0 Å². The monoisotopic (exact) mass is 482 g/mol. The van der Waals surface area contributed by atoms with Crippen LogP contribution in [-0.4, -0.2) is 63.1 Å². The lowest BCUT2D eigenvalue weighted by Gasteiger charge is -2.28. The summed E-state index contributed by atoms with van der Waals surface area (Å²) in [5.41, 5.74) is 0.999. The summed E-state index contributed by atoms with van der Waals surface area (Å²) in [5, 5.41) is 3.44. The van der Waals surface area contributed by atoms with E-state index in [1.165, 1.54) is 12.8 Å². The minimum absolute atomic E-state index is 0. The molecular formula is C18H29F2IN4O. The van der Waals surface area contributed by atoms with E-state index in [1.54, 1.807) is 31.3 Å². The molecule has 148 valence electrons. The lowest BCUT2D eigenvalue weighted by molar-refractivity contribution is -0.0498. The molecule has 1 saturated carbocycles. The average Bonchev–Trinajstić information content (AvgIpc) is 3.37. The van der Waals surface area contributed by atoms with Gasteiger partial charge < -0.3 is 19.9 Å². The molecule has 0 heterocycles. The van der Waals surface area contributed by atoms with Crippen LogP contribution in [0.15, 0.2) is 29.3 Å². The molecule has 26 heavy (non-hydrogen) atoms. The van der Waals surface area contributed by atoms with Crippen molar-refractivity contribution >= 4 is 29.9 Å². The molecule has 0 spiro atoms. The number of guanidine groups is 1. The summed E-state index contributed by atoms with van der Waals surface area (Å²) in [7, 11) is 7.95. The summed E-state index contributed by atoms with van der Waals surface area (Å²) in [6.07, 6.45) is 2.60. The van der Waals surface area contributed by atoms with Crippen LogP contribution in [0.1, 0.15) is 18.4 Å². The normalized spacial score (nSPS) is 15.6. The first-order valence-electron chi connectivity index (χ1n) is 8.52. The van der Waals surface area contributed by atoms with Crippen molar-refractivity contribution in [1.82, 2.24) is 15.1 Å². The van der Waals surface area contributed by atoms with Crippen LogP contribution in [0.5, 0.6) is 5.75 Å². The highest BCUT2D eigenvalue weighted by Gasteiger charge is 2.32. The molecule has 1 aliphatic carbocycles. The predicted octanol–water partition coefficient (Wildman–Crippen LogP) is 3.25. The Kier molecular flexibility index (Phi) is 9.56. The van der Waals surface area contributed by atoms with E-state index in [9.17, 15) is 8.78 Å². The lowest BCUT2D eigenvalue weighted by atomic mass is 10.1. The van der Waals surface area contributed by atoms with Crippen molar-refractivity contribution in [2.75, 3.05) is 34.7 Å². The fourth-order valence-corrected chi connectivity index (χ4v) is 2.96. The van der Waals surface area contributed by atoms with Gasteiger partial charge in [-0.3, -0.25) is 4.99 Å². The quantitative estimate of drug-likeness (QED) is 0.351. The second-order valence-corrected chi connectivity index (χ2v) is 6.68. The molecule has 1 aromatic rings. The topological polar surface area (TPSA) is 40.1 Å². The Bertz CT molecular complexity index is 563. The van der Waals surface area contributed by atoms with Crippen LogP contribution in [0.4, 0.5) is 8.78 Å². The zero-order valence-corrected chi connectivity index (χ0v) is 18.1. The molecule has 8 heteroatoms. The highest BCUT2D eigenvalue weighted by molar-refractivity contribution is 14.0. The molecule has 0 radical (unpaired) electrons. The maximum absolute atomic E-state index is 12.2. The van der Waals surface area contributed by atoms with Crippen LogP contribution in [-0.2, 0) is 6.54 Å². The zero-order valence-electron chi connectivity index (χ0n) is 15.8. The third-order valence-corrected chi connectivity index (χ3v) is 4.44. The van der Waals surface area contributed by atoms with Gasteiger partial charge in [0.1, 0.15) is 5.75 Å². The smallest absolute Gasteiger partial charge is 0.387 e. The van der Waals surface area contributed by atoms with E-state index in [0.29, 0.717) is 12.6 Å². The number of nitrogens with one attached hydrogen (secondary N) is 1. The summed E-state index contributed by atoms with van der Waals surface area (Å²) in [5.74, 6) is 1.76. The molecular weight excluding hydrogens is 453 g/mol. The molecule has 1 fully saturated rings. The minimum Gasteiger partial charge on any atom is -0.435 e. The van der Waals surface area contributed by atoms with E-state index < -0.39 is 6.61 Å². The summed E-state index contributed by atoms with van der Waals surface area (Å²) in [6, 6.07) is 7.19. The van der Waals surface area contributed by atoms with Crippen molar-refractivity contribution < 1.29 is 13.5 Å². The van der Waals surface area contributed by atoms with Crippen molar-refractivity contribution in [3.05, 3.63) is 29.8 Å². The summed E-state index contributed by atoms with van der Waals surface area (Å²) < 4.78 is 28.8. The third-order valence-electron chi connectivity index (χ3n) is 4.44. The number of benzene rings is 1. The molecule has 1 atom stereocenters. The van der Waals surface area contributed by atoms with Crippen molar-refractivity contribution in [3.8, 4) is 5.75 Å². The number of rotatable bonds is 8. The number of ether oxygens (including phenoxy) is 1. The van der Waals surface area contributed by atoms with E-state index in [4.69, 9.17) is 0 Å². The minimum atomic E-state index is -2.80. The molecule has 1 N–H and O–H groups in total. The van der Waals surface area contributed by atoms with Gasteiger partial charge in [-0.2, -0.15) is 8.78 Å². The number of aliphatic imine (C=N–C) groups is 1. The van der Waals surface area contributed by atoms with Crippen molar-refractivity contribution in [2.24, 2.45) is 10.9 Å². The molecule has 0 aliphatic heterocycles. The fraction of sp³-hybridized carbons (Fsp3) is 0.611. The van der Waals surface area contributed by atoms with Gasteiger partial charge in [-0.25, -0.2) is 0 Å². The van der Waals surface area contributed by atoms with Crippen molar-refractivity contribution in [1.29, 1.82) is 0 Å². The first kappa shape index (κ1) is 22.9. The van der Waals surface area contributed by atoms with Gasteiger partial charge in [0, 0.05) is 33.2 Å². The van der Waals surface area contributed by atoms with E-state index in [0.717, 1.165) is 24.0 Å². The number of alkyl halides is 2. The van der Waals surface area contributed by atoms with Gasteiger partial charge in [0.2, 0.25) is 0 Å². The lowest BCUT2D eigenvalue weighted by Crippen LogP contribution is -2.46. The van der Waals surface area contributed by atoms with E-state index in [2.05, 4.69) is 34.0 Å². The summed E-state index contributed by atoms with van der Waals surface area (Å²) in [4.78, 5) is 8.62. The molecule has 2 rings (SSSR count). The number of likely N-dealkylation sites (N-methyl/N-ethyl adjacent to an activating group) is 1. The Morgan fingerprint density at radius 2 is 1.85 bits per heavy atom. The summed E-state index contributed by atoms with van der Waals surface area (Å²) >= 11 is 0. The van der Waals surface area contributed by atoms with Crippen LogP contribution in [0.25, 0.3) is 0 Å². The number of halogens is 3. The fourth-order valence-electron chi connectivity index (χ4n) is 2.96. The van der Waals surface area contributed by atoms with Crippen LogP contribution in [0.3, 0.4) is 0 Å². The van der Waals surface area contributed by atoms with Crippen LogP contribution in [0.2, 0.25) is 0 Å². The average molecular weight is 482 g/mol. The molecule has 1 aliphatic rings. The molecule has 5 nitrogen and oxygen atoms in total. The Balaban J connectivity index is 0.00000338. The van der Waals surface area contributed by atoms with Gasteiger partial charge in [0.25, 0.3) is 0 Å². The van der Waals surface area contributed by atoms with E-state index in [-0.39, 0.29) is 29.7 Å². The first-order valence-corrected chi connectivity index (χ1v) is 8.52. The largest absolute Gasteiger partial charge is 0.435 e. The number of hydrogen-bond acceptors (Lipinski definition) is 3. The standard InChI is InChI=1S/C18H28F2N4O.HI/c1-21-18(22-11-16(23(2)3)14-7-8-14)24(4)12-13-5-9-15(10-6-13)25-17(19)20;/h5-6,9-10,14,16-17H,7-8,11-12H2,1-4H3,(H,21,22);1H. The summed E-state index contributed by atoms with van der Waals surface area (Å²) in [6.45, 7) is -1.31. The molecule has 0 amide bonds. The van der Waals surface area contributed by atoms with Crippen LogP contribution in [0, 0.1) is 5.92 Å². The van der Waals surface area contributed by atoms with Crippen LogP contribution < -0.4 is 10.1 Å². The van der Waals surface area contributed by atoms with Gasteiger partial charge in [-0.05, 0) is 50.6 Å². The maximum Gasteiger partial charge on any atom is 0.387 e. The molecule has 0 saturated heterocycles. The Morgan fingerprint density at radius 3 is 2.31 bits per heavy atom. The van der Waals surface area contributed by atoms with Gasteiger partial charge in [-0.15, -0.1) is 24.0 Å². The second kappa shape index (κ2) is 10.9. The third kappa shape index (κ3) is 7.22. The number of nitrogens with zero attached hydrogens (tertiary/aromatic N) is 3. The molecule has 0 aromatic heterocycles.